The fourth-order valence-electron chi connectivity index (χ4n) is 5.05. The average Bonchev–Trinajstić information content (AvgIpc) is 3.32. The van der Waals surface area contributed by atoms with Gasteiger partial charge in [0, 0.05) is 44.1 Å². The molecule has 0 spiro atoms. The number of benzene rings is 2. The van der Waals surface area contributed by atoms with E-state index in [1.165, 1.54) is 23.2 Å². The maximum absolute atomic E-state index is 14.6. The molecule has 0 N–H and O–H groups in total. The molecule has 1 atom stereocenters. The van der Waals surface area contributed by atoms with Gasteiger partial charge in [-0.25, -0.2) is 13.8 Å². The van der Waals surface area contributed by atoms with Crippen molar-refractivity contribution in [3.63, 3.8) is 0 Å². The van der Waals surface area contributed by atoms with E-state index in [0.717, 1.165) is 32.4 Å². The molecule has 2 heterocycles. The molecule has 37 heavy (non-hydrogen) atoms. The molecule has 0 unspecified atom stereocenters. The first kappa shape index (κ1) is 25.5. The van der Waals surface area contributed by atoms with Crippen molar-refractivity contribution in [3.8, 4) is 0 Å². The summed E-state index contributed by atoms with van der Waals surface area (Å²) in [5, 5.41) is 5.89. The van der Waals surface area contributed by atoms with Gasteiger partial charge in [-0.05, 0) is 36.6 Å². The number of carbonyl (C=O) groups excluding carboxylic acids is 2. The van der Waals surface area contributed by atoms with Gasteiger partial charge in [-0.2, -0.15) is 5.10 Å². The molecule has 0 bridgehead atoms. The number of morpholine rings is 1. The van der Waals surface area contributed by atoms with Crippen LogP contribution in [0.25, 0.3) is 0 Å². The fourth-order valence-corrected chi connectivity index (χ4v) is 5.05. The zero-order valence-electron chi connectivity index (χ0n) is 20.8. The van der Waals surface area contributed by atoms with Gasteiger partial charge in [0.15, 0.2) is 0 Å². The summed E-state index contributed by atoms with van der Waals surface area (Å²) in [6.45, 7) is 3.93. The highest BCUT2D eigenvalue weighted by molar-refractivity contribution is 6.03. The molecule has 3 aliphatic rings. The predicted molar refractivity (Wildman–Crippen MR) is 135 cm³/mol. The number of hydrogen-bond acceptors (Lipinski definition) is 5. The smallest absolute Gasteiger partial charge is 0.262 e. The van der Waals surface area contributed by atoms with Gasteiger partial charge in [0.1, 0.15) is 18.2 Å². The average molecular weight is 511 g/mol. The van der Waals surface area contributed by atoms with Crippen LogP contribution in [0.4, 0.5) is 8.78 Å². The van der Waals surface area contributed by atoms with Gasteiger partial charge in [0.25, 0.3) is 5.91 Å². The van der Waals surface area contributed by atoms with Crippen molar-refractivity contribution < 1.29 is 23.1 Å². The van der Waals surface area contributed by atoms with E-state index in [-0.39, 0.29) is 30.1 Å². The van der Waals surface area contributed by atoms with Crippen molar-refractivity contribution in [2.24, 2.45) is 11.0 Å². The van der Waals surface area contributed by atoms with E-state index in [1.807, 2.05) is 0 Å². The Labute approximate surface area is 215 Å². The Morgan fingerprint density at radius 1 is 1.03 bits per heavy atom. The standard InChI is InChI=1S/C28H32F2N4O3/c29-22-10-8-20(9-11-22)26-18-25(23-6-1-2-7-24(23)30)31-34(26)27(35)19-33(28(36)21-4-3-5-21)13-12-32-14-16-37-17-15-32/h1-2,6-11,21,26H,3-5,12-19H2/t26-/m1/s1. The Hall–Kier alpha value is -3.17. The molecule has 1 aliphatic carbocycles. The summed E-state index contributed by atoms with van der Waals surface area (Å²) in [5.74, 6) is -1.17. The van der Waals surface area contributed by atoms with E-state index in [4.69, 9.17) is 4.74 Å². The summed E-state index contributed by atoms with van der Waals surface area (Å²) in [6, 6.07) is 11.7. The molecule has 2 fully saturated rings. The summed E-state index contributed by atoms with van der Waals surface area (Å²) >= 11 is 0. The topological polar surface area (TPSA) is 65.5 Å². The molecule has 0 aromatic heterocycles. The maximum atomic E-state index is 14.6. The molecule has 7 nitrogen and oxygen atoms in total. The van der Waals surface area contributed by atoms with Gasteiger partial charge in [0.05, 0.1) is 25.0 Å². The minimum Gasteiger partial charge on any atom is -0.379 e. The van der Waals surface area contributed by atoms with Gasteiger partial charge in [0.2, 0.25) is 5.91 Å². The van der Waals surface area contributed by atoms with E-state index in [1.54, 1.807) is 35.2 Å². The summed E-state index contributed by atoms with van der Waals surface area (Å²) in [5.41, 5.74) is 1.49. The van der Waals surface area contributed by atoms with Crippen LogP contribution in [0.15, 0.2) is 53.6 Å². The molecule has 9 heteroatoms. The maximum Gasteiger partial charge on any atom is 0.262 e. The number of nitrogens with zero attached hydrogens (tertiary/aromatic N) is 4. The van der Waals surface area contributed by atoms with Crippen molar-refractivity contribution in [2.75, 3.05) is 45.9 Å². The molecule has 5 rings (SSSR count). The Morgan fingerprint density at radius 2 is 1.76 bits per heavy atom. The van der Waals surface area contributed by atoms with Crippen molar-refractivity contribution in [2.45, 2.75) is 31.7 Å². The highest BCUT2D eigenvalue weighted by Gasteiger charge is 2.37. The van der Waals surface area contributed by atoms with Crippen LogP contribution >= 0.6 is 0 Å². The Bertz CT molecular complexity index is 1150. The molecule has 2 aromatic carbocycles. The van der Waals surface area contributed by atoms with Crippen molar-refractivity contribution in [1.82, 2.24) is 14.8 Å². The summed E-state index contributed by atoms with van der Waals surface area (Å²) in [4.78, 5) is 30.8. The third-order valence-corrected chi connectivity index (χ3v) is 7.49. The van der Waals surface area contributed by atoms with Crippen LogP contribution in [0.3, 0.4) is 0 Å². The highest BCUT2D eigenvalue weighted by atomic mass is 19.1. The third-order valence-electron chi connectivity index (χ3n) is 7.49. The fraction of sp³-hybridized carbons (Fsp3) is 0.464. The van der Waals surface area contributed by atoms with Crippen LogP contribution in [0, 0.1) is 17.6 Å². The lowest BCUT2D eigenvalue weighted by Crippen LogP contribution is -2.49. The molecule has 2 aliphatic heterocycles. The molecule has 2 aromatic rings. The number of ether oxygens (including phenoxy) is 1. The number of carbonyl (C=O) groups is 2. The van der Waals surface area contributed by atoms with E-state index in [0.29, 0.717) is 49.6 Å². The minimum atomic E-state index is -0.511. The number of hydrazone groups is 1. The quantitative estimate of drug-likeness (QED) is 0.545. The van der Waals surface area contributed by atoms with Gasteiger partial charge >= 0.3 is 0 Å². The summed E-state index contributed by atoms with van der Waals surface area (Å²) in [7, 11) is 0. The van der Waals surface area contributed by atoms with Crippen LogP contribution in [0.2, 0.25) is 0 Å². The highest BCUT2D eigenvalue weighted by Crippen LogP contribution is 2.34. The van der Waals surface area contributed by atoms with Gasteiger partial charge in [-0.15, -0.1) is 0 Å². The molecule has 1 saturated carbocycles. The second kappa shape index (κ2) is 11.5. The first-order chi connectivity index (χ1) is 18.0. The zero-order chi connectivity index (χ0) is 25.8. The molecule has 0 radical (unpaired) electrons. The second-order valence-electron chi connectivity index (χ2n) is 9.88. The van der Waals surface area contributed by atoms with Crippen LogP contribution < -0.4 is 0 Å². The number of halogens is 2. The first-order valence-corrected chi connectivity index (χ1v) is 13.0. The number of rotatable bonds is 8. The summed E-state index contributed by atoms with van der Waals surface area (Å²) in [6.07, 6.45) is 3.01. The molecule has 1 saturated heterocycles. The van der Waals surface area contributed by atoms with Crippen molar-refractivity contribution in [1.29, 1.82) is 0 Å². The van der Waals surface area contributed by atoms with Crippen molar-refractivity contribution in [3.05, 3.63) is 71.3 Å². The van der Waals surface area contributed by atoms with Gasteiger partial charge in [-0.3, -0.25) is 14.5 Å². The minimum absolute atomic E-state index is 0.00342. The van der Waals surface area contributed by atoms with E-state index < -0.39 is 11.9 Å². The normalized spacial score (nSPS) is 20.4. The molecule has 2 amide bonds. The SMILES string of the molecule is O=C(C1CCC1)N(CCN1CCOCC1)CC(=O)N1N=C(c2ccccc2F)C[C@@H]1c1ccc(F)cc1. The Balaban J connectivity index is 1.37. The van der Waals surface area contributed by atoms with Gasteiger partial charge < -0.3 is 9.64 Å². The monoisotopic (exact) mass is 510 g/mol. The second-order valence-corrected chi connectivity index (χ2v) is 9.88. The summed E-state index contributed by atoms with van der Waals surface area (Å²) < 4.78 is 33.6. The zero-order valence-corrected chi connectivity index (χ0v) is 20.8. The van der Waals surface area contributed by atoms with Crippen LogP contribution in [-0.2, 0) is 14.3 Å². The lowest BCUT2D eigenvalue weighted by atomic mass is 9.84. The lowest BCUT2D eigenvalue weighted by Gasteiger charge is -2.34. The number of hydrogen-bond donors (Lipinski definition) is 0. The largest absolute Gasteiger partial charge is 0.379 e. The van der Waals surface area contributed by atoms with Crippen LogP contribution in [0.5, 0.6) is 0 Å². The molecule has 196 valence electrons. The van der Waals surface area contributed by atoms with Gasteiger partial charge in [-0.1, -0.05) is 36.8 Å². The van der Waals surface area contributed by atoms with E-state index in [2.05, 4.69) is 10.0 Å². The molecular weight excluding hydrogens is 478 g/mol. The van der Waals surface area contributed by atoms with Crippen LogP contribution in [0.1, 0.15) is 42.9 Å². The third kappa shape index (κ3) is 5.88. The van der Waals surface area contributed by atoms with Crippen molar-refractivity contribution >= 4 is 17.5 Å². The number of amides is 2. The predicted octanol–water partition coefficient (Wildman–Crippen LogP) is 3.60. The van der Waals surface area contributed by atoms with Crippen LogP contribution in [-0.4, -0.2) is 78.3 Å². The first-order valence-electron chi connectivity index (χ1n) is 13.0. The Morgan fingerprint density at radius 3 is 2.43 bits per heavy atom. The molecular formula is C28H32F2N4O3. The Kier molecular flexibility index (Phi) is 7.90. The van der Waals surface area contributed by atoms with E-state index in [9.17, 15) is 18.4 Å². The lowest BCUT2D eigenvalue weighted by molar-refractivity contribution is -0.145. The van der Waals surface area contributed by atoms with E-state index >= 15 is 0 Å².